The molecule has 1 unspecified atom stereocenters. The number of carboxylic acid groups (broad SMARTS) is 1. The van der Waals surface area contributed by atoms with E-state index in [1.165, 1.54) is 9.80 Å². The maximum absolute atomic E-state index is 13.6. The van der Waals surface area contributed by atoms with Gasteiger partial charge in [0.1, 0.15) is 12.2 Å². The summed E-state index contributed by atoms with van der Waals surface area (Å²) >= 11 is 0. The summed E-state index contributed by atoms with van der Waals surface area (Å²) in [6.45, 7) is 5.74. The molecule has 1 aliphatic carbocycles. The van der Waals surface area contributed by atoms with E-state index in [1.807, 2.05) is 36.4 Å². The lowest BCUT2D eigenvalue weighted by atomic mass is 9.96. The maximum Gasteiger partial charge on any atom is 0.410 e. The Kier molecular flexibility index (Phi) is 7.97. The molecule has 9 nitrogen and oxygen atoms in total. The molecule has 1 atom stereocenters. The first-order valence-corrected chi connectivity index (χ1v) is 12.9. The summed E-state index contributed by atoms with van der Waals surface area (Å²) in [5.41, 5.74) is 1.98. The van der Waals surface area contributed by atoms with E-state index in [0.29, 0.717) is 13.0 Å². The highest BCUT2D eigenvalue weighted by atomic mass is 16.6. The normalized spacial score (nSPS) is 18.6. The molecule has 1 heterocycles. The topological polar surface area (TPSA) is 106 Å². The molecule has 2 aromatic rings. The van der Waals surface area contributed by atoms with E-state index in [2.05, 4.69) is 12.1 Å². The van der Waals surface area contributed by atoms with Crippen molar-refractivity contribution in [2.45, 2.75) is 50.7 Å². The highest BCUT2D eigenvalue weighted by molar-refractivity contribution is 5.86. The van der Waals surface area contributed by atoms with Gasteiger partial charge in [0.2, 0.25) is 0 Å². The molecule has 0 aromatic heterocycles. The highest BCUT2D eigenvalue weighted by Crippen LogP contribution is 2.44. The number of nitrogens with zero attached hydrogens (tertiary/aromatic N) is 2. The van der Waals surface area contributed by atoms with Crippen LogP contribution in [0.1, 0.15) is 50.7 Å². The second-order valence-corrected chi connectivity index (χ2v) is 10.8. The van der Waals surface area contributed by atoms with Crippen LogP contribution in [0.5, 0.6) is 0 Å². The molecule has 4 rings (SSSR count). The van der Waals surface area contributed by atoms with Crippen LogP contribution in [0, 0.1) is 0 Å². The number of hydrogen-bond acceptors (Lipinski definition) is 6. The highest BCUT2D eigenvalue weighted by Gasteiger charge is 2.53. The SMILES string of the molecule is COCCCN(C(=O)OCC1c2ccccc2-c2ccccc21)C1(C(=O)O)CCN(C(=O)OC(C)(C)C)C1. The molecule has 0 bridgehead atoms. The van der Waals surface area contributed by atoms with Gasteiger partial charge in [0.25, 0.3) is 0 Å². The third kappa shape index (κ3) is 5.48. The van der Waals surface area contributed by atoms with Crippen LogP contribution in [0.15, 0.2) is 48.5 Å². The number of carbonyl (C=O) groups excluding carboxylic acids is 2. The predicted molar refractivity (Wildman–Crippen MR) is 141 cm³/mol. The zero-order valence-corrected chi connectivity index (χ0v) is 22.4. The predicted octanol–water partition coefficient (Wildman–Crippen LogP) is 4.74. The Hall–Kier alpha value is -3.59. The van der Waals surface area contributed by atoms with Crippen LogP contribution in [-0.2, 0) is 19.0 Å². The number of benzene rings is 2. The number of hydrogen-bond donors (Lipinski definition) is 1. The van der Waals surface area contributed by atoms with E-state index >= 15 is 0 Å². The number of aliphatic carboxylic acids is 1. The Morgan fingerprint density at radius 2 is 1.66 bits per heavy atom. The molecule has 204 valence electrons. The smallest absolute Gasteiger partial charge is 0.410 e. The molecule has 1 aliphatic heterocycles. The van der Waals surface area contributed by atoms with Crippen LogP contribution in [0.25, 0.3) is 11.1 Å². The van der Waals surface area contributed by atoms with E-state index in [1.54, 1.807) is 27.9 Å². The van der Waals surface area contributed by atoms with Gasteiger partial charge in [-0.05, 0) is 49.4 Å². The Morgan fingerprint density at radius 1 is 1.05 bits per heavy atom. The number of carbonyl (C=O) groups is 3. The third-order valence-corrected chi connectivity index (χ3v) is 7.10. The van der Waals surface area contributed by atoms with Gasteiger partial charge in [0.05, 0.1) is 6.54 Å². The van der Waals surface area contributed by atoms with Gasteiger partial charge in [0, 0.05) is 39.1 Å². The fraction of sp³-hybridized carbons (Fsp3) is 0.483. The van der Waals surface area contributed by atoms with Gasteiger partial charge >= 0.3 is 18.2 Å². The summed E-state index contributed by atoms with van der Waals surface area (Å²) in [5, 5.41) is 10.4. The van der Waals surface area contributed by atoms with Crippen molar-refractivity contribution in [3.63, 3.8) is 0 Å². The Bertz CT molecular complexity index is 1150. The molecule has 1 fully saturated rings. The monoisotopic (exact) mass is 524 g/mol. The van der Waals surface area contributed by atoms with Gasteiger partial charge in [0.15, 0.2) is 5.54 Å². The lowest BCUT2D eigenvalue weighted by molar-refractivity contribution is -0.150. The average molecular weight is 525 g/mol. The number of amides is 2. The Balaban J connectivity index is 1.56. The average Bonchev–Trinajstić information content (AvgIpc) is 3.46. The number of carboxylic acids is 1. The number of likely N-dealkylation sites (tertiary alicyclic amines) is 1. The van der Waals surface area contributed by atoms with Crippen molar-refractivity contribution in [1.82, 2.24) is 9.80 Å². The number of fused-ring (bicyclic) bond motifs is 3. The van der Waals surface area contributed by atoms with Crippen molar-refractivity contribution in [1.29, 1.82) is 0 Å². The second kappa shape index (κ2) is 11.0. The van der Waals surface area contributed by atoms with Crippen molar-refractivity contribution in [2.75, 3.05) is 40.0 Å². The molecule has 0 radical (unpaired) electrons. The lowest BCUT2D eigenvalue weighted by Gasteiger charge is -2.37. The van der Waals surface area contributed by atoms with E-state index in [4.69, 9.17) is 14.2 Å². The lowest BCUT2D eigenvalue weighted by Crippen LogP contribution is -2.59. The van der Waals surface area contributed by atoms with Crippen molar-refractivity contribution in [3.05, 3.63) is 59.7 Å². The first kappa shape index (κ1) is 27.4. The maximum atomic E-state index is 13.6. The number of methoxy groups -OCH3 is 1. The third-order valence-electron chi connectivity index (χ3n) is 7.10. The number of rotatable bonds is 8. The fourth-order valence-electron chi connectivity index (χ4n) is 5.31. The molecule has 2 aliphatic rings. The summed E-state index contributed by atoms with van der Waals surface area (Å²) < 4.78 is 16.4. The van der Waals surface area contributed by atoms with Gasteiger partial charge in [-0.3, -0.25) is 4.90 Å². The first-order chi connectivity index (χ1) is 18.1. The molecule has 1 saturated heterocycles. The Morgan fingerprint density at radius 3 is 2.21 bits per heavy atom. The molecule has 38 heavy (non-hydrogen) atoms. The van der Waals surface area contributed by atoms with Gasteiger partial charge in [-0.2, -0.15) is 0 Å². The summed E-state index contributed by atoms with van der Waals surface area (Å²) in [4.78, 5) is 41.6. The van der Waals surface area contributed by atoms with E-state index < -0.39 is 29.3 Å². The van der Waals surface area contributed by atoms with E-state index in [-0.39, 0.29) is 38.6 Å². The zero-order chi connectivity index (χ0) is 27.5. The van der Waals surface area contributed by atoms with Gasteiger partial charge in [-0.15, -0.1) is 0 Å². The van der Waals surface area contributed by atoms with E-state index in [0.717, 1.165) is 22.3 Å². The van der Waals surface area contributed by atoms with Crippen LogP contribution in [-0.4, -0.2) is 84.2 Å². The fourth-order valence-corrected chi connectivity index (χ4v) is 5.31. The van der Waals surface area contributed by atoms with Crippen LogP contribution < -0.4 is 0 Å². The molecular formula is C29H36N2O7. The molecule has 0 spiro atoms. The first-order valence-electron chi connectivity index (χ1n) is 12.9. The largest absolute Gasteiger partial charge is 0.479 e. The molecule has 0 saturated carbocycles. The molecule has 1 N–H and O–H groups in total. The minimum atomic E-state index is -1.63. The van der Waals surface area contributed by atoms with Crippen LogP contribution in [0.3, 0.4) is 0 Å². The van der Waals surface area contributed by atoms with E-state index in [9.17, 15) is 19.5 Å². The summed E-state index contributed by atoms with van der Waals surface area (Å²) in [6.07, 6.45) is -0.845. The second-order valence-electron chi connectivity index (χ2n) is 10.8. The van der Waals surface area contributed by atoms with Crippen LogP contribution in [0.2, 0.25) is 0 Å². The molecule has 2 aromatic carbocycles. The summed E-state index contributed by atoms with van der Waals surface area (Å²) in [5.74, 6) is -1.34. The standard InChI is InChI=1S/C29H36N2O7/c1-28(2,3)38-26(34)30-16-14-29(19-30,25(32)33)31(15-9-17-36-4)27(35)37-18-24-22-12-7-5-10-20(22)21-11-6-8-13-23(21)24/h5-8,10-13,24H,9,14-19H2,1-4H3,(H,32,33). The van der Waals surface area contributed by atoms with Gasteiger partial charge in [-0.1, -0.05) is 48.5 Å². The summed E-state index contributed by atoms with van der Waals surface area (Å²) in [6, 6.07) is 16.0. The zero-order valence-electron chi connectivity index (χ0n) is 22.4. The molecular weight excluding hydrogens is 488 g/mol. The van der Waals surface area contributed by atoms with Crippen molar-refractivity contribution in [2.24, 2.45) is 0 Å². The van der Waals surface area contributed by atoms with Crippen molar-refractivity contribution >= 4 is 18.2 Å². The van der Waals surface area contributed by atoms with Gasteiger partial charge < -0.3 is 24.2 Å². The van der Waals surface area contributed by atoms with Crippen molar-refractivity contribution < 1.29 is 33.7 Å². The van der Waals surface area contributed by atoms with Gasteiger partial charge in [-0.25, -0.2) is 14.4 Å². The minimum absolute atomic E-state index is 0.0682. The molecule has 2 amide bonds. The quantitative estimate of drug-likeness (QED) is 0.497. The van der Waals surface area contributed by atoms with Crippen LogP contribution >= 0.6 is 0 Å². The number of ether oxygens (including phenoxy) is 3. The molecule has 9 heteroatoms. The summed E-state index contributed by atoms with van der Waals surface area (Å²) in [7, 11) is 1.55. The Labute approximate surface area is 223 Å². The van der Waals surface area contributed by atoms with Crippen LogP contribution in [0.4, 0.5) is 9.59 Å². The van der Waals surface area contributed by atoms with Crippen molar-refractivity contribution in [3.8, 4) is 11.1 Å². The minimum Gasteiger partial charge on any atom is -0.479 e.